The molecule has 3 nitrogen and oxygen atoms in total. The van der Waals surface area contributed by atoms with E-state index in [0.717, 1.165) is 38.9 Å². The molecular weight excluding hydrogens is 256 g/mol. The number of carbonyl (C=O) groups excluding carboxylic acids is 1. The maximum atomic E-state index is 12.2. The van der Waals surface area contributed by atoms with Crippen molar-refractivity contribution >= 4 is 17.2 Å². The molecule has 0 N–H and O–H groups in total. The fraction of sp³-hybridized carbons (Fsp3) is 0.667. The molecular formula is C15H24N2OS. The number of carbonyl (C=O) groups is 1. The third kappa shape index (κ3) is 4.05. The first-order valence-electron chi connectivity index (χ1n) is 7.19. The molecule has 0 aliphatic carbocycles. The monoisotopic (exact) mass is 280 g/mol. The Morgan fingerprint density at radius 1 is 1.47 bits per heavy atom. The van der Waals surface area contributed by atoms with Gasteiger partial charge in [-0.3, -0.25) is 4.79 Å². The number of hydrogen-bond acceptors (Lipinski definition) is 3. The summed E-state index contributed by atoms with van der Waals surface area (Å²) >= 11 is 1.70. The van der Waals surface area contributed by atoms with Crippen molar-refractivity contribution in [1.82, 2.24) is 9.80 Å². The fourth-order valence-corrected chi connectivity index (χ4v) is 3.39. The van der Waals surface area contributed by atoms with Crippen molar-refractivity contribution in [3.63, 3.8) is 0 Å². The lowest BCUT2D eigenvalue weighted by Gasteiger charge is -2.36. The van der Waals surface area contributed by atoms with Gasteiger partial charge in [0, 0.05) is 32.6 Å². The van der Waals surface area contributed by atoms with Crippen LogP contribution in [0.25, 0.3) is 0 Å². The molecule has 1 aliphatic heterocycles. The SMILES string of the molecule is CCN1CCC(N(C)C(=O)CCc2ccsc2)CC1. The van der Waals surface area contributed by atoms with Gasteiger partial charge in [-0.2, -0.15) is 11.3 Å². The number of thiophene rings is 1. The van der Waals surface area contributed by atoms with Gasteiger partial charge in [-0.05, 0) is 48.2 Å². The molecule has 2 heterocycles. The molecule has 1 aromatic heterocycles. The van der Waals surface area contributed by atoms with E-state index in [4.69, 9.17) is 0 Å². The summed E-state index contributed by atoms with van der Waals surface area (Å²) in [6.07, 6.45) is 3.75. The van der Waals surface area contributed by atoms with E-state index >= 15 is 0 Å². The molecule has 1 aromatic rings. The van der Waals surface area contributed by atoms with Crippen LogP contribution in [0.15, 0.2) is 16.8 Å². The van der Waals surface area contributed by atoms with Gasteiger partial charge >= 0.3 is 0 Å². The maximum Gasteiger partial charge on any atom is 0.222 e. The van der Waals surface area contributed by atoms with Crippen LogP contribution < -0.4 is 0 Å². The van der Waals surface area contributed by atoms with Gasteiger partial charge in [-0.1, -0.05) is 6.92 Å². The van der Waals surface area contributed by atoms with Gasteiger partial charge in [0.1, 0.15) is 0 Å². The van der Waals surface area contributed by atoms with E-state index in [1.165, 1.54) is 5.56 Å². The predicted octanol–water partition coefficient (Wildman–Crippen LogP) is 2.62. The van der Waals surface area contributed by atoms with E-state index in [9.17, 15) is 4.79 Å². The van der Waals surface area contributed by atoms with Crippen molar-refractivity contribution in [2.75, 3.05) is 26.7 Å². The number of likely N-dealkylation sites (tertiary alicyclic amines) is 1. The quantitative estimate of drug-likeness (QED) is 0.828. The lowest BCUT2D eigenvalue weighted by molar-refractivity contribution is -0.132. The molecule has 1 fully saturated rings. The Morgan fingerprint density at radius 3 is 2.79 bits per heavy atom. The van der Waals surface area contributed by atoms with E-state index in [1.54, 1.807) is 11.3 Å². The molecule has 1 amide bonds. The van der Waals surface area contributed by atoms with Crippen LogP contribution >= 0.6 is 11.3 Å². The van der Waals surface area contributed by atoms with Crippen LogP contribution in [0.1, 0.15) is 31.7 Å². The Bertz CT molecular complexity index is 383. The summed E-state index contributed by atoms with van der Waals surface area (Å²) in [6.45, 7) is 5.59. The van der Waals surface area contributed by atoms with Gasteiger partial charge in [0.25, 0.3) is 0 Å². The van der Waals surface area contributed by atoms with E-state index in [1.807, 2.05) is 11.9 Å². The van der Waals surface area contributed by atoms with Crippen LogP contribution in [0.5, 0.6) is 0 Å². The van der Waals surface area contributed by atoms with Gasteiger partial charge in [0.2, 0.25) is 5.91 Å². The lowest BCUT2D eigenvalue weighted by atomic mass is 10.0. The number of hydrogen-bond donors (Lipinski definition) is 0. The Morgan fingerprint density at radius 2 is 2.21 bits per heavy atom. The average Bonchev–Trinajstić information content (AvgIpc) is 2.97. The Labute approximate surface area is 120 Å². The third-order valence-corrected chi connectivity index (χ3v) is 4.89. The first-order chi connectivity index (χ1) is 9.20. The topological polar surface area (TPSA) is 23.6 Å². The zero-order chi connectivity index (χ0) is 13.7. The van der Waals surface area contributed by atoms with E-state index in [-0.39, 0.29) is 0 Å². The van der Waals surface area contributed by atoms with Crippen LogP contribution in [-0.2, 0) is 11.2 Å². The van der Waals surface area contributed by atoms with Crippen molar-refractivity contribution in [3.8, 4) is 0 Å². The molecule has 2 rings (SSSR count). The second-order valence-corrected chi connectivity index (χ2v) is 6.08. The van der Waals surface area contributed by atoms with Crippen LogP contribution in [0.2, 0.25) is 0 Å². The summed E-state index contributed by atoms with van der Waals surface area (Å²) in [5, 5.41) is 4.21. The highest BCUT2D eigenvalue weighted by molar-refractivity contribution is 7.07. The van der Waals surface area contributed by atoms with Gasteiger partial charge in [0.05, 0.1) is 0 Å². The van der Waals surface area contributed by atoms with Gasteiger partial charge in [-0.25, -0.2) is 0 Å². The largest absolute Gasteiger partial charge is 0.343 e. The van der Waals surface area contributed by atoms with Crippen LogP contribution in [0.4, 0.5) is 0 Å². The summed E-state index contributed by atoms with van der Waals surface area (Å²) in [6, 6.07) is 2.55. The lowest BCUT2D eigenvalue weighted by Crippen LogP contribution is -2.45. The molecule has 0 atom stereocenters. The smallest absolute Gasteiger partial charge is 0.222 e. The minimum Gasteiger partial charge on any atom is -0.343 e. The second-order valence-electron chi connectivity index (χ2n) is 5.30. The molecule has 19 heavy (non-hydrogen) atoms. The van der Waals surface area contributed by atoms with Crippen LogP contribution in [-0.4, -0.2) is 48.4 Å². The van der Waals surface area contributed by atoms with Gasteiger partial charge in [0.15, 0.2) is 0 Å². The number of rotatable bonds is 5. The van der Waals surface area contributed by atoms with Crippen molar-refractivity contribution in [1.29, 1.82) is 0 Å². The summed E-state index contributed by atoms with van der Waals surface area (Å²) in [5.74, 6) is 0.293. The molecule has 0 spiro atoms. The first kappa shape index (κ1) is 14.5. The van der Waals surface area contributed by atoms with Crippen LogP contribution in [0, 0.1) is 0 Å². The predicted molar refractivity (Wildman–Crippen MR) is 80.5 cm³/mol. The van der Waals surface area contributed by atoms with Gasteiger partial charge < -0.3 is 9.80 Å². The average molecular weight is 280 g/mol. The molecule has 4 heteroatoms. The second kappa shape index (κ2) is 7.06. The molecule has 0 unspecified atom stereocenters. The maximum absolute atomic E-state index is 12.2. The molecule has 0 aromatic carbocycles. The standard InChI is InChI=1S/C15H24N2OS/c1-3-17-9-6-14(7-10-17)16(2)15(18)5-4-13-8-11-19-12-13/h8,11-12,14H,3-7,9-10H2,1-2H3. The number of nitrogens with zero attached hydrogens (tertiary/aromatic N) is 2. The van der Waals surface area contributed by atoms with E-state index in [0.29, 0.717) is 18.4 Å². The molecule has 0 saturated carbocycles. The minimum absolute atomic E-state index is 0.293. The zero-order valence-corrected chi connectivity index (χ0v) is 12.8. The molecule has 106 valence electrons. The highest BCUT2D eigenvalue weighted by atomic mass is 32.1. The first-order valence-corrected chi connectivity index (χ1v) is 8.14. The molecule has 0 bridgehead atoms. The fourth-order valence-electron chi connectivity index (χ4n) is 2.69. The van der Waals surface area contributed by atoms with Crippen molar-refractivity contribution in [3.05, 3.63) is 22.4 Å². The van der Waals surface area contributed by atoms with E-state index < -0.39 is 0 Å². The zero-order valence-electron chi connectivity index (χ0n) is 12.0. The number of aryl methyl sites for hydroxylation is 1. The number of piperidine rings is 1. The van der Waals surface area contributed by atoms with Crippen molar-refractivity contribution in [2.24, 2.45) is 0 Å². The minimum atomic E-state index is 0.293. The van der Waals surface area contributed by atoms with E-state index in [2.05, 4.69) is 28.7 Å². The van der Waals surface area contributed by atoms with Crippen molar-refractivity contribution in [2.45, 2.75) is 38.6 Å². The third-order valence-electron chi connectivity index (χ3n) is 4.15. The summed E-state index contributed by atoms with van der Waals surface area (Å²) in [4.78, 5) is 16.6. The highest BCUT2D eigenvalue weighted by Crippen LogP contribution is 2.17. The molecule has 1 aliphatic rings. The Balaban J connectivity index is 1.76. The normalized spacial score (nSPS) is 17.6. The summed E-state index contributed by atoms with van der Waals surface area (Å²) in [5.41, 5.74) is 1.28. The van der Waals surface area contributed by atoms with Crippen molar-refractivity contribution < 1.29 is 4.79 Å². The molecule has 1 saturated heterocycles. The summed E-state index contributed by atoms with van der Waals surface area (Å²) in [7, 11) is 1.97. The Kier molecular flexibility index (Phi) is 5.40. The number of amides is 1. The van der Waals surface area contributed by atoms with Crippen LogP contribution in [0.3, 0.4) is 0 Å². The highest BCUT2D eigenvalue weighted by Gasteiger charge is 2.24. The molecule has 0 radical (unpaired) electrons. The Hall–Kier alpha value is -0.870. The van der Waals surface area contributed by atoms with Gasteiger partial charge in [-0.15, -0.1) is 0 Å². The summed E-state index contributed by atoms with van der Waals surface area (Å²) < 4.78 is 0.